The Morgan fingerprint density at radius 3 is 1.83 bits per heavy atom. The quantitative estimate of drug-likeness (QED) is 0.168. The Kier molecular flexibility index (Phi) is 12.7. The summed E-state index contributed by atoms with van der Waals surface area (Å²) in [5, 5.41) is 13.5. The Labute approximate surface area is 310 Å². The second-order valence-electron chi connectivity index (χ2n) is 14.3. The zero-order valence-electron chi connectivity index (χ0n) is 31.9. The fourth-order valence-corrected chi connectivity index (χ4v) is 6.39. The largest absolute Gasteiger partial charge is 0.346 e. The normalized spacial score (nSPS) is 11.1. The third-order valence-electron chi connectivity index (χ3n) is 9.18. The fourth-order valence-electron chi connectivity index (χ4n) is 6.39. The number of pyridine rings is 3. The molecule has 0 saturated carbocycles. The first-order chi connectivity index (χ1) is 25.5. The van der Waals surface area contributed by atoms with Gasteiger partial charge in [-0.3, -0.25) is 9.59 Å². The summed E-state index contributed by atoms with van der Waals surface area (Å²) in [6, 6.07) is 29.6. The third-order valence-corrected chi connectivity index (χ3v) is 9.18. The SMILES string of the molecule is CC(C)c1c[nH]c(=O)c2ccccc12.CC(C)c1cc(=O)[nH]c2ccccc12.CC(C)c1ccnc2[nH]ccc12.CC(C)c1cnnc2ccccc12. The lowest BCUT2D eigenvalue weighted by atomic mass is 9.99. The predicted molar refractivity (Wildman–Crippen MR) is 221 cm³/mol. The van der Waals surface area contributed by atoms with Gasteiger partial charge in [0.25, 0.3) is 5.56 Å². The molecule has 3 aromatic carbocycles. The van der Waals surface area contributed by atoms with Crippen LogP contribution >= 0.6 is 0 Å². The number of fused-ring (bicyclic) bond motifs is 4. The van der Waals surface area contributed by atoms with Gasteiger partial charge in [-0.25, -0.2) is 4.98 Å². The van der Waals surface area contributed by atoms with Gasteiger partial charge in [-0.1, -0.05) is 110 Å². The van der Waals surface area contributed by atoms with Crippen LogP contribution in [0.25, 0.3) is 43.6 Å². The predicted octanol–water partition coefficient (Wildman–Crippen LogP) is 10.7. The molecule has 0 radical (unpaired) electrons. The molecule has 272 valence electrons. The molecule has 0 aliphatic heterocycles. The Bertz CT molecular complexity index is 2540. The van der Waals surface area contributed by atoms with Crippen molar-refractivity contribution < 1.29 is 0 Å². The van der Waals surface area contributed by atoms with Gasteiger partial charge >= 0.3 is 0 Å². The second-order valence-corrected chi connectivity index (χ2v) is 14.3. The number of hydrogen-bond acceptors (Lipinski definition) is 5. The van der Waals surface area contributed by atoms with Gasteiger partial charge in [-0.15, -0.1) is 0 Å². The molecule has 8 rings (SSSR count). The molecule has 0 spiro atoms. The molecule has 0 amide bonds. The second kappa shape index (κ2) is 17.6. The molecule has 8 aromatic rings. The monoisotopic (exact) mass is 706 g/mol. The first kappa shape index (κ1) is 38.3. The van der Waals surface area contributed by atoms with E-state index in [1.165, 1.54) is 27.5 Å². The van der Waals surface area contributed by atoms with Gasteiger partial charge in [0.15, 0.2) is 0 Å². The van der Waals surface area contributed by atoms with Crippen LogP contribution in [0.1, 0.15) is 101 Å². The van der Waals surface area contributed by atoms with Crippen molar-refractivity contribution in [3.8, 4) is 0 Å². The number of H-pyrrole nitrogens is 3. The van der Waals surface area contributed by atoms with E-state index < -0.39 is 0 Å². The van der Waals surface area contributed by atoms with Crippen LogP contribution in [0.5, 0.6) is 0 Å². The number of benzene rings is 3. The summed E-state index contributed by atoms with van der Waals surface area (Å²) < 4.78 is 0. The van der Waals surface area contributed by atoms with Gasteiger partial charge in [0.05, 0.1) is 11.7 Å². The van der Waals surface area contributed by atoms with Crippen molar-refractivity contribution in [1.29, 1.82) is 0 Å². The van der Waals surface area contributed by atoms with Gasteiger partial charge in [0, 0.05) is 51.7 Å². The number of rotatable bonds is 4. The Morgan fingerprint density at radius 2 is 1.15 bits per heavy atom. The Hall–Kier alpha value is -5.89. The summed E-state index contributed by atoms with van der Waals surface area (Å²) in [5.74, 6) is 1.87. The van der Waals surface area contributed by atoms with E-state index in [9.17, 15) is 9.59 Å². The van der Waals surface area contributed by atoms with E-state index in [1.54, 1.807) is 6.07 Å². The minimum Gasteiger partial charge on any atom is -0.346 e. The molecule has 0 saturated heterocycles. The van der Waals surface area contributed by atoms with E-state index in [-0.39, 0.29) is 11.1 Å². The van der Waals surface area contributed by atoms with Gasteiger partial charge < -0.3 is 15.0 Å². The van der Waals surface area contributed by atoms with Crippen LogP contribution in [0.15, 0.2) is 125 Å². The van der Waals surface area contributed by atoms with Crippen molar-refractivity contribution >= 4 is 43.6 Å². The number of aromatic amines is 3. The molecule has 8 heteroatoms. The number of aromatic nitrogens is 6. The highest BCUT2D eigenvalue weighted by atomic mass is 16.1. The van der Waals surface area contributed by atoms with Crippen LogP contribution in [0.4, 0.5) is 0 Å². The average molecular weight is 707 g/mol. The first-order valence-corrected chi connectivity index (χ1v) is 18.3. The Balaban J connectivity index is 0.000000136. The molecule has 8 nitrogen and oxygen atoms in total. The molecule has 0 aliphatic rings. The third kappa shape index (κ3) is 9.32. The fraction of sp³-hybridized carbons (Fsp3) is 0.267. The summed E-state index contributed by atoms with van der Waals surface area (Å²) in [7, 11) is 0. The van der Waals surface area contributed by atoms with Crippen LogP contribution in [-0.2, 0) is 0 Å². The van der Waals surface area contributed by atoms with Crippen LogP contribution < -0.4 is 11.1 Å². The van der Waals surface area contributed by atoms with Gasteiger partial charge in [0.1, 0.15) is 5.65 Å². The molecule has 0 bridgehead atoms. The summed E-state index contributed by atoms with van der Waals surface area (Å²) in [4.78, 5) is 35.8. The highest BCUT2D eigenvalue weighted by Crippen LogP contribution is 2.25. The molecule has 0 atom stereocenters. The van der Waals surface area contributed by atoms with E-state index in [0.29, 0.717) is 23.7 Å². The van der Waals surface area contributed by atoms with E-state index in [0.717, 1.165) is 38.4 Å². The highest BCUT2D eigenvalue weighted by molar-refractivity contribution is 5.85. The number of nitrogens with zero attached hydrogens (tertiary/aromatic N) is 3. The van der Waals surface area contributed by atoms with Crippen LogP contribution in [0, 0.1) is 0 Å². The maximum atomic E-state index is 11.5. The van der Waals surface area contributed by atoms with Crippen molar-refractivity contribution in [2.45, 2.75) is 79.1 Å². The molecule has 53 heavy (non-hydrogen) atoms. The molecule has 3 N–H and O–H groups in total. The maximum absolute atomic E-state index is 11.5. The van der Waals surface area contributed by atoms with Crippen molar-refractivity contribution in [3.05, 3.63) is 159 Å². The highest BCUT2D eigenvalue weighted by Gasteiger charge is 2.08. The van der Waals surface area contributed by atoms with Crippen molar-refractivity contribution in [2.75, 3.05) is 0 Å². The minimum absolute atomic E-state index is 0.00926. The van der Waals surface area contributed by atoms with Crippen molar-refractivity contribution in [3.63, 3.8) is 0 Å². The molecule has 5 aromatic heterocycles. The van der Waals surface area contributed by atoms with Crippen molar-refractivity contribution in [2.24, 2.45) is 0 Å². The van der Waals surface area contributed by atoms with E-state index in [2.05, 4.69) is 104 Å². The van der Waals surface area contributed by atoms with Crippen LogP contribution in [0.3, 0.4) is 0 Å². The van der Waals surface area contributed by atoms with Crippen LogP contribution in [0.2, 0.25) is 0 Å². The van der Waals surface area contributed by atoms with E-state index in [4.69, 9.17) is 0 Å². The van der Waals surface area contributed by atoms with Crippen molar-refractivity contribution in [1.82, 2.24) is 30.1 Å². The molecule has 5 heterocycles. The summed E-state index contributed by atoms with van der Waals surface area (Å²) in [6.45, 7) is 17.2. The minimum atomic E-state index is -0.0209. The zero-order valence-corrected chi connectivity index (χ0v) is 31.9. The molecular weight excluding hydrogens is 657 g/mol. The van der Waals surface area contributed by atoms with Gasteiger partial charge in [-0.2, -0.15) is 10.2 Å². The van der Waals surface area contributed by atoms with Gasteiger partial charge in [0.2, 0.25) is 5.56 Å². The van der Waals surface area contributed by atoms with Gasteiger partial charge in [-0.05, 0) is 81.6 Å². The lowest BCUT2D eigenvalue weighted by molar-refractivity contribution is 0.858. The number of nitrogens with one attached hydrogen (secondary N) is 3. The summed E-state index contributed by atoms with van der Waals surface area (Å²) >= 11 is 0. The topological polar surface area (TPSA) is 120 Å². The molecular formula is C45H50N6O2. The zero-order chi connectivity index (χ0) is 38.1. The summed E-state index contributed by atoms with van der Waals surface area (Å²) in [6.07, 6.45) is 7.46. The van der Waals surface area contributed by atoms with E-state index in [1.807, 2.05) is 91.5 Å². The lowest BCUT2D eigenvalue weighted by Crippen LogP contribution is -2.07. The molecule has 0 aliphatic carbocycles. The first-order valence-electron chi connectivity index (χ1n) is 18.3. The summed E-state index contributed by atoms with van der Waals surface area (Å²) in [5.41, 5.74) is 7.80. The smallest absolute Gasteiger partial charge is 0.255 e. The molecule has 0 unspecified atom stereocenters. The van der Waals surface area contributed by atoms with E-state index >= 15 is 0 Å². The maximum Gasteiger partial charge on any atom is 0.255 e. The number of hydrogen-bond donors (Lipinski definition) is 3. The standard InChI is InChI=1S/2C12H13NO.C11H12N2.C10H12N2/c1-8(2)10-7-12(14)13-11-6-4-3-5-9(10)11;1-8(2)11-7-13-12(14)10-6-4-3-5-9(10)11;1-8(2)10-7-12-13-11-6-4-3-5-9(10)11;1-7(2)8-3-5-11-10-9(8)4-6-12-10/h2*3-8H,1-2H3,(H,13,14);3-8H,1-2H3;3-7H,1-2H3,(H,11,12). The number of para-hydroxylation sites is 1. The molecule has 0 fully saturated rings. The lowest BCUT2D eigenvalue weighted by Gasteiger charge is -2.08. The average Bonchev–Trinajstić information content (AvgIpc) is 3.64. The van der Waals surface area contributed by atoms with Crippen LogP contribution in [-0.4, -0.2) is 30.1 Å². The Morgan fingerprint density at radius 1 is 0.547 bits per heavy atom.